The summed E-state index contributed by atoms with van der Waals surface area (Å²) in [5, 5.41) is 3.32. The largest absolute Gasteiger partial charge is 0.375 e. The second-order valence-electron chi connectivity index (χ2n) is 8.01. The summed E-state index contributed by atoms with van der Waals surface area (Å²) in [6, 6.07) is 0.455. The third kappa shape index (κ3) is 2.79. The van der Waals surface area contributed by atoms with E-state index in [9.17, 15) is 9.59 Å². The number of carbonyl (C=O) groups excluding carboxylic acids is 2. The Labute approximate surface area is 143 Å². The first kappa shape index (κ1) is 16.2. The van der Waals surface area contributed by atoms with Crippen LogP contribution in [0, 0.1) is 23.7 Å². The van der Waals surface area contributed by atoms with Crippen LogP contribution in [0.3, 0.4) is 0 Å². The number of hydrogen-bond acceptors (Lipinski definition) is 3. The number of nitrogens with zero attached hydrogens (tertiary/aromatic N) is 2. The molecule has 3 aliphatic carbocycles. The Bertz CT molecular complexity index is 504. The standard InChI is InChI=1S/C18H29N3O3/c1-24-11-17(22)20-5-7-21(8-6-20)18(23)19-16-10-12-9-15(16)14-4-2-3-13(12)14/h12-16H,2-11H2,1H3,(H,19,23)/t12-,13+,14+,15+,16-/m1/s1. The zero-order chi connectivity index (χ0) is 16.7. The van der Waals surface area contributed by atoms with E-state index in [0.29, 0.717) is 32.2 Å². The van der Waals surface area contributed by atoms with E-state index in [1.54, 1.807) is 4.90 Å². The molecule has 2 bridgehead atoms. The molecule has 1 saturated heterocycles. The fourth-order valence-corrected chi connectivity index (χ4v) is 5.86. The average molecular weight is 335 g/mol. The highest BCUT2D eigenvalue weighted by Gasteiger charge is 2.54. The Kier molecular flexibility index (Phi) is 4.41. The third-order valence-electron chi connectivity index (χ3n) is 6.92. The quantitative estimate of drug-likeness (QED) is 0.846. The number of ether oxygens (including phenoxy) is 1. The number of rotatable bonds is 3. The summed E-state index contributed by atoms with van der Waals surface area (Å²) in [6.07, 6.45) is 6.70. The van der Waals surface area contributed by atoms with Crippen molar-refractivity contribution in [3.63, 3.8) is 0 Å². The van der Waals surface area contributed by atoms with Crippen LogP contribution in [0.4, 0.5) is 4.79 Å². The molecule has 3 amide bonds. The van der Waals surface area contributed by atoms with Crippen molar-refractivity contribution in [1.82, 2.24) is 15.1 Å². The Morgan fingerprint density at radius 2 is 1.71 bits per heavy atom. The van der Waals surface area contributed by atoms with Crippen LogP contribution in [0.2, 0.25) is 0 Å². The molecule has 6 heteroatoms. The molecule has 0 radical (unpaired) electrons. The number of amides is 3. The fraction of sp³-hybridized carbons (Fsp3) is 0.889. The molecular weight excluding hydrogens is 306 g/mol. The number of hydrogen-bond donors (Lipinski definition) is 1. The van der Waals surface area contributed by atoms with Gasteiger partial charge in [0.25, 0.3) is 0 Å². The highest BCUT2D eigenvalue weighted by Crippen LogP contribution is 2.58. The second kappa shape index (κ2) is 6.54. The summed E-state index contributed by atoms with van der Waals surface area (Å²) in [7, 11) is 1.53. The fourth-order valence-electron chi connectivity index (χ4n) is 5.86. The van der Waals surface area contributed by atoms with Crippen molar-refractivity contribution in [2.75, 3.05) is 39.9 Å². The van der Waals surface area contributed by atoms with Gasteiger partial charge in [-0.15, -0.1) is 0 Å². The minimum atomic E-state index is 0.0120. The van der Waals surface area contributed by atoms with Crippen LogP contribution in [-0.2, 0) is 9.53 Å². The molecule has 3 saturated carbocycles. The van der Waals surface area contributed by atoms with E-state index in [-0.39, 0.29) is 18.5 Å². The topological polar surface area (TPSA) is 61.9 Å². The van der Waals surface area contributed by atoms with Crippen LogP contribution in [0.5, 0.6) is 0 Å². The Hall–Kier alpha value is -1.30. The third-order valence-corrected chi connectivity index (χ3v) is 6.92. The molecule has 0 unspecified atom stereocenters. The molecule has 4 aliphatic rings. The molecule has 0 aromatic heterocycles. The molecular formula is C18H29N3O3. The van der Waals surface area contributed by atoms with Crippen molar-refractivity contribution in [3.05, 3.63) is 0 Å². The highest BCUT2D eigenvalue weighted by atomic mass is 16.5. The summed E-state index contributed by atoms with van der Waals surface area (Å²) in [6.45, 7) is 2.58. The lowest BCUT2D eigenvalue weighted by molar-refractivity contribution is -0.136. The number of nitrogens with one attached hydrogen (secondary N) is 1. The van der Waals surface area contributed by atoms with E-state index in [1.165, 1.54) is 39.2 Å². The van der Waals surface area contributed by atoms with Crippen LogP contribution in [-0.4, -0.2) is 67.7 Å². The Morgan fingerprint density at radius 1 is 1.00 bits per heavy atom. The van der Waals surface area contributed by atoms with Crippen LogP contribution < -0.4 is 5.32 Å². The lowest BCUT2D eigenvalue weighted by Gasteiger charge is -2.37. The van der Waals surface area contributed by atoms with Gasteiger partial charge in [-0.3, -0.25) is 4.79 Å². The second-order valence-corrected chi connectivity index (χ2v) is 8.01. The lowest BCUT2D eigenvalue weighted by Crippen LogP contribution is -2.56. The van der Waals surface area contributed by atoms with E-state index in [0.717, 1.165) is 23.7 Å². The molecule has 1 aliphatic heterocycles. The molecule has 4 fully saturated rings. The van der Waals surface area contributed by atoms with Crippen LogP contribution in [0.15, 0.2) is 0 Å². The van der Waals surface area contributed by atoms with Gasteiger partial charge in [-0.05, 0) is 49.4 Å². The SMILES string of the molecule is COCC(=O)N1CCN(C(=O)N[C@@H]2C[C@H]3C[C@H]2[C@H]2CCC[C@@H]32)CC1. The monoisotopic (exact) mass is 335 g/mol. The van der Waals surface area contributed by atoms with Gasteiger partial charge in [0, 0.05) is 39.3 Å². The maximum Gasteiger partial charge on any atom is 0.317 e. The van der Waals surface area contributed by atoms with E-state index < -0.39 is 0 Å². The van der Waals surface area contributed by atoms with Crippen molar-refractivity contribution in [3.8, 4) is 0 Å². The lowest BCUT2D eigenvalue weighted by atomic mass is 9.79. The number of methoxy groups -OCH3 is 1. The van der Waals surface area contributed by atoms with Gasteiger partial charge in [0.15, 0.2) is 0 Å². The van der Waals surface area contributed by atoms with Gasteiger partial charge in [-0.1, -0.05) is 6.42 Å². The minimum Gasteiger partial charge on any atom is -0.375 e. The van der Waals surface area contributed by atoms with Gasteiger partial charge in [-0.2, -0.15) is 0 Å². The smallest absolute Gasteiger partial charge is 0.317 e. The predicted molar refractivity (Wildman–Crippen MR) is 89.4 cm³/mol. The first-order valence-corrected chi connectivity index (χ1v) is 9.49. The van der Waals surface area contributed by atoms with Crippen LogP contribution in [0.1, 0.15) is 32.1 Å². The van der Waals surface area contributed by atoms with Crippen molar-refractivity contribution < 1.29 is 14.3 Å². The van der Waals surface area contributed by atoms with Crippen LogP contribution >= 0.6 is 0 Å². The number of urea groups is 1. The van der Waals surface area contributed by atoms with Crippen molar-refractivity contribution in [2.24, 2.45) is 23.7 Å². The summed E-state index contributed by atoms with van der Waals surface area (Å²) < 4.78 is 4.90. The Morgan fingerprint density at radius 3 is 2.46 bits per heavy atom. The molecule has 0 aromatic carbocycles. The molecule has 0 aromatic rings. The predicted octanol–water partition coefficient (Wildman–Crippen LogP) is 1.31. The Balaban J connectivity index is 1.27. The molecule has 134 valence electrons. The minimum absolute atomic E-state index is 0.0120. The van der Waals surface area contributed by atoms with Crippen molar-refractivity contribution in [2.45, 2.75) is 38.1 Å². The molecule has 4 rings (SSSR count). The van der Waals surface area contributed by atoms with E-state index in [4.69, 9.17) is 4.74 Å². The zero-order valence-corrected chi connectivity index (χ0v) is 14.6. The van der Waals surface area contributed by atoms with Gasteiger partial charge in [-0.25, -0.2) is 4.79 Å². The molecule has 5 atom stereocenters. The van der Waals surface area contributed by atoms with E-state index >= 15 is 0 Å². The highest BCUT2D eigenvalue weighted by molar-refractivity contribution is 5.78. The molecule has 0 spiro atoms. The van der Waals surface area contributed by atoms with Gasteiger partial charge in [0.2, 0.25) is 5.91 Å². The first-order chi connectivity index (χ1) is 11.7. The van der Waals surface area contributed by atoms with Gasteiger partial charge in [0.1, 0.15) is 6.61 Å². The van der Waals surface area contributed by atoms with Gasteiger partial charge in [0.05, 0.1) is 0 Å². The maximum absolute atomic E-state index is 12.6. The maximum atomic E-state index is 12.6. The molecule has 24 heavy (non-hydrogen) atoms. The summed E-state index contributed by atoms with van der Waals surface area (Å²) in [4.78, 5) is 28.1. The summed E-state index contributed by atoms with van der Waals surface area (Å²) in [5.74, 6) is 3.42. The summed E-state index contributed by atoms with van der Waals surface area (Å²) >= 11 is 0. The molecule has 6 nitrogen and oxygen atoms in total. The normalized spacial score (nSPS) is 37.6. The number of carbonyl (C=O) groups is 2. The van der Waals surface area contributed by atoms with E-state index in [1.807, 2.05) is 4.90 Å². The first-order valence-electron chi connectivity index (χ1n) is 9.49. The van der Waals surface area contributed by atoms with Crippen molar-refractivity contribution in [1.29, 1.82) is 0 Å². The summed E-state index contributed by atoms with van der Waals surface area (Å²) in [5.41, 5.74) is 0. The number of piperazine rings is 1. The van der Waals surface area contributed by atoms with Gasteiger partial charge < -0.3 is 19.9 Å². The number of fused-ring (bicyclic) bond motifs is 5. The van der Waals surface area contributed by atoms with E-state index in [2.05, 4.69) is 5.32 Å². The van der Waals surface area contributed by atoms with Crippen LogP contribution in [0.25, 0.3) is 0 Å². The molecule has 1 N–H and O–H groups in total. The zero-order valence-electron chi connectivity index (χ0n) is 14.6. The van der Waals surface area contributed by atoms with Gasteiger partial charge >= 0.3 is 6.03 Å². The average Bonchev–Trinajstić information content (AvgIpc) is 3.28. The van der Waals surface area contributed by atoms with Crippen molar-refractivity contribution >= 4 is 11.9 Å². The molecule has 1 heterocycles.